The molecule has 0 radical (unpaired) electrons. The third kappa shape index (κ3) is 7.29. The van der Waals surface area contributed by atoms with E-state index < -0.39 is 5.92 Å². The molecule has 0 spiro atoms. The first-order chi connectivity index (χ1) is 15.3. The van der Waals surface area contributed by atoms with E-state index in [9.17, 15) is 18.4 Å². The molecule has 1 aromatic carbocycles. The molecule has 0 aliphatic carbocycles. The Hall–Kier alpha value is -3.56. The van der Waals surface area contributed by atoms with Crippen molar-refractivity contribution in [2.75, 3.05) is 26.0 Å². The summed E-state index contributed by atoms with van der Waals surface area (Å²) in [4.78, 5) is 28.7. The Bertz CT molecular complexity index is 966. The van der Waals surface area contributed by atoms with Crippen LogP contribution in [0.5, 0.6) is 0 Å². The number of allylic oxidation sites excluding steroid dienone is 1. The molecule has 10 heteroatoms. The average molecular weight is 447 g/mol. The number of carbonyl (C=O) groups is 2. The summed E-state index contributed by atoms with van der Waals surface area (Å²) in [7, 11) is 3.53. The lowest BCUT2D eigenvalue weighted by Crippen LogP contribution is -2.20. The molecule has 172 valence electrons. The smallest absolute Gasteiger partial charge is 0.293 e. The van der Waals surface area contributed by atoms with Crippen LogP contribution in [-0.2, 0) is 26.8 Å². The van der Waals surface area contributed by atoms with Crippen molar-refractivity contribution >= 4 is 24.8 Å². The van der Waals surface area contributed by atoms with Gasteiger partial charge in [0.2, 0.25) is 0 Å². The van der Waals surface area contributed by atoms with Crippen LogP contribution in [0.25, 0.3) is 0 Å². The number of nitrogens with one attached hydrogen (secondary N) is 2. The van der Waals surface area contributed by atoms with E-state index in [0.717, 1.165) is 30.3 Å². The number of nitrogens with zero attached hydrogens (tertiary/aromatic N) is 3. The Labute approximate surface area is 185 Å². The van der Waals surface area contributed by atoms with E-state index in [1.54, 1.807) is 32.7 Å². The number of aliphatic imine (C=N–C) groups is 1. The molecule has 1 aromatic heterocycles. The van der Waals surface area contributed by atoms with E-state index in [2.05, 4.69) is 25.3 Å². The number of halogens is 2. The molecule has 1 aliphatic heterocycles. The van der Waals surface area contributed by atoms with Gasteiger partial charge in [-0.15, -0.1) is 0 Å². The van der Waals surface area contributed by atoms with Crippen molar-refractivity contribution in [3.8, 4) is 0 Å². The van der Waals surface area contributed by atoms with Crippen molar-refractivity contribution in [2.45, 2.75) is 25.8 Å². The van der Waals surface area contributed by atoms with Gasteiger partial charge in [0.15, 0.2) is 0 Å². The zero-order chi connectivity index (χ0) is 23.6. The van der Waals surface area contributed by atoms with Crippen LogP contribution < -0.4 is 10.6 Å². The van der Waals surface area contributed by atoms with E-state index in [0.29, 0.717) is 25.1 Å². The summed E-state index contributed by atoms with van der Waals surface area (Å²) < 4.78 is 32.8. The molecule has 1 unspecified atom stereocenters. The zero-order valence-electron chi connectivity index (χ0n) is 18.2. The summed E-state index contributed by atoms with van der Waals surface area (Å²) in [6.45, 7) is 1.95. The molecule has 8 nitrogen and oxygen atoms in total. The van der Waals surface area contributed by atoms with E-state index in [-0.39, 0.29) is 18.1 Å². The fourth-order valence-corrected chi connectivity index (χ4v) is 2.97. The van der Waals surface area contributed by atoms with Gasteiger partial charge in [0, 0.05) is 57.7 Å². The minimum absolute atomic E-state index is 0.0361. The largest absolute Gasteiger partial charge is 0.461 e. The lowest BCUT2D eigenvalue weighted by molar-refractivity contribution is -0.127. The van der Waals surface area contributed by atoms with Crippen molar-refractivity contribution in [3.05, 3.63) is 59.3 Å². The summed E-state index contributed by atoms with van der Waals surface area (Å²) in [5.41, 5.74) is 2.37. The number of hydrogen-bond donors (Lipinski definition) is 2. The summed E-state index contributed by atoms with van der Waals surface area (Å²) >= 11 is 0. The molecular weight excluding hydrogens is 420 g/mol. The standard InChI is InChI=1S/C13H15F2N3.C9H12N2O3/c1-13(14,15)11-5-3-4-10(6-11)7-18-8-12(16-2)17-9-18;1-10-8-2-7(4-12)3-11-9(8)5-14-6-13/h3-6,8-9,16H,7H2,1-2H3;3-4,6-7,10H,2,5H2,1H3. The van der Waals surface area contributed by atoms with Crippen molar-refractivity contribution in [1.82, 2.24) is 14.9 Å². The molecular formula is C22H27F2N5O3. The molecule has 2 N–H and O–H groups in total. The highest BCUT2D eigenvalue weighted by Gasteiger charge is 2.24. The minimum atomic E-state index is -2.80. The molecule has 1 aliphatic rings. The van der Waals surface area contributed by atoms with E-state index in [1.807, 2.05) is 16.8 Å². The van der Waals surface area contributed by atoms with E-state index >= 15 is 0 Å². The van der Waals surface area contributed by atoms with Crippen LogP contribution in [0.1, 0.15) is 24.5 Å². The van der Waals surface area contributed by atoms with Gasteiger partial charge in [-0.05, 0) is 11.6 Å². The average Bonchev–Trinajstić information content (AvgIpc) is 3.25. The number of aromatic nitrogens is 2. The van der Waals surface area contributed by atoms with Gasteiger partial charge in [-0.1, -0.05) is 18.2 Å². The second-order valence-electron chi connectivity index (χ2n) is 7.13. The summed E-state index contributed by atoms with van der Waals surface area (Å²) in [6.07, 6.45) is 6.50. The van der Waals surface area contributed by atoms with Crippen molar-refractivity contribution in [2.24, 2.45) is 10.9 Å². The predicted molar refractivity (Wildman–Crippen MR) is 118 cm³/mol. The predicted octanol–water partition coefficient (Wildman–Crippen LogP) is 2.96. The molecule has 2 heterocycles. The van der Waals surface area contributed by atoms with Crippen LogP contribution in [0, 0.1) is 5.92 Å². The SMILES string of the molecule is CNC1=C(COC=O)N=CC(C=O)C1.CNc1cn(Cc2cccc(C(C)(F)F)c2)cn1. The Morgan fingerprint density at radius 2 is 2.06 bits per heavy atom. The van der Waals surface area contributed by atoms with Crippen LogP contribution >= 0.6 is 0 Å². The van der Waals surface area contributed by atoms with Crippen LogP contribution in [-0.4, -0.2) is 49.2 Å². The Balaban J connectivity index is 0.000000235. The monoisotopic (exact) mass is 447 g/mol. The molecule has 0 bridgehead atoms. The third-order valence-electron chi connectivity index (χ3n) is 4.66. The molecule has 3 rings (SSSR count). The van der Waals surface area contributed by atoms with Crippen molar-refractivity contribution in [3.63, 3.8) is 0 Å². The number of rotatable bonds is 9. The summed E-state index contributed by atoms with van der Waals surface area (Å²) in [6, 6.07) is 6.45. The second-order valence-corrected chi connectivity index (χ2v) is 7.13. The second kappa shape index (κ2) is 11.7. The van der Waals surface area contributed by atoms with Gasteiger partial charge >= 0.3 is 0 Å². The molecule has 1 atom stereocenters. The number of hydrogen-bond acceptors (Lipinski definition) is 7. The van der Waals surface area contributed by atoms with Gasteiger partial charge in [-0.25, -0.2) is 13.8 Å². The van der Waals surface area contributed by atoms with Gasteiger partial charge in [-0.2, -0.15) is 0 Å². The van der Waals surface area contributed by atoms with Gasteiger partial charge in [0.05, 0.1) is 17.9 Å². The fraction of sp³-hybridized carbons (Fsp3) is 0.364. The number of aldehydes is 1. The number of benzene rings is 1. The number of alkyl halides is 2. The van der Waals surface area contributed by atoms with Gasteiger partial charge in [-0.3, -0.25) is 9.79 Å². The van der Waals surface area contributed by atoms with Crippen LogP contribution in [0.3, 0.4) is 0 Å². The quantitative estimate of drug-likeness (QED) is 0.574. The molecule has 0 amide bonds. The van der Waals surface area contributed by atoms with Crippen LogP contribution in [0.2, 0.25) is 0 Å². The topological polar surface area (TPSA) is 97.6 Å². The van der Waals surface area contributed by atoms with Gasteiger partial charge in [0.1, 0.15) is 18.7 Å². The lowest BCUT2D eigenvalue weighted by Gasteiger charge is -2.17. The summed E-state index contributed by atoms with van der Waals surface area (Å²) in [5, 5.41) is 5.86. The number of imidazole rings is 1. The minimum Gasteiger partial charge on any atom is -0.461 e. The maximum atomic E-state index is 13.2. The van der Waals surface area contributed by atoms with Crippen LogP contribution in [0.15, 0.2) is 53.2 Å². The third-order valence-corrected chi connectivity index (χ3v) is 4.66. The Kier molecular flexibility index (Phi) is 9.06. The first-order valence-electron chi connectivity index (χ1n) is 9.92. The molecule has 32 heavy (non-hydrogen) atoms. The van der Waals surface area contributed by atoms with Gasteiger partial charge < -0.3 is 24.7 Å². The fourth-order valence-electron chi connectivity index (χ4n) is 2.97. The molecule has 0 saturated carbocycles. The molecule has 0 fully saturated rings. The highest BCUT2D eigenvalue weighted by molar-refractivity contribution is 5.82. The highest BCUT2D eigenvalue weighted by atomic mass is 19.3. The Morgan fingerprint density at radius 1 is 1.28 bits per heavy atom. The zero-order valence-corrected chi connectivity index (χ0v) is 18.2. The number of ether oxygens (including phenoxy) is 1. The first-order valence-corrected chi connectivity index (χ1v) is 9.92. The summed E-state index contributed by atoms with van der Waals surface area (Å²) in [5.74, 6) is -2.23. The number of anilines is 1. The Morgan fingerprint density at radius 3 is 2.66 bits per heavy atom. The highest BCUT2D eigenvalue weighted by Crippen LogP contribution is 2.27. The molecule has 0 saturated heterocycles. The molecule has 2 aromatic rings. The maximum Gasteiger partial charge on any atom is 0.293 e. The maximum absolute atomic E-state index is 13.2. The van der Waals surface area contributed by atoms with E-state index in [1.165, 1.54) is 12.1 Å². The first kappa shape index (κ1) is 24.7. The van der Waals surface area contributed by atoms with Crippen molar-refractivity contribution < 1.29 is 23.1 Å². The van der Waals surface area contributed by atoms with Crippen molar-refractivity contribution in [1.29, 1.82) is 0 Å². The normalized spacial score (nSPS) is 15.5. The van der Waals surface area contributed by atoms with Crippen LogP contribution in [0.4, 0.5) is 14.6 Å². The van der Waals surface area contributed by atoms with Gasteiger partial charge in [0.25, 0.3) is 12.4 Å². The van der Waals surface area contributed by atoms with E-state index in [4.69, 9.17) is 0 Å². The number of carbonyl (C=O) groups excluding carboxylic acids is 2. The lowest BCUT2D eigenvalue weighted by atomic mass is 10.0.